The molecule has 1 aliphatic rings. The molecule has 5 rings (SSSR count). The van der Waals surface area contributed by atoms with Crippen molar-refractivity contribution in [3.8, 4) is 22.6 Å². The number of thiophene rings is 1. The molecule has 0 fully saturated rings. The molecule has 0 amide bonds. The number of anilines is 1. The third-order valence-electron chi connectivity index (χ3n) is 4.52. The topological polar surface area (TPSA) is 56.3 Å². The summed E-state index contributed by atoms with van der Waals surface area (Å²) >= 11 is 1.63. The van der Waals surface area contributed by atoms with Crippen molar-refractivity contribution in [3.63, 3.8) is 0 Å². The van der Waals surface area contributed by atoms with Gasteiger partial charge in [-0.1, -0.05) is 42.5 Å². The number of ether oxygens (including phenoxy) is 2. The molecule has 27 heavy (non-hydrogen) atoms. The number of para-hydroxylation sites is 2. The molecule has 0 unspecified atom stereocenters. The van der Waals surface area contributed by atoms with Crippen molar-refractivity contribution in [1.29, 1.82) is 0 Å². The third kappa shape index (κ3) is 3.08. The van der Waals surface area contributed by atoms with E-state index < -0.39 is 0 Å². The van der Waals surface area contributed by atoms with Gasteiger partial charge >= 0.3 is 0 Å². The maximum atomic E-state index is 6.03. The Kier molecular flexibility index (Phi) is 4.10. The lowest BCUT2D eigenvalue weighted by atomic mass is 10.1. The minimum absolute atomic E-state index is 0.0799. The lowest BCUT2D eigenvalue weighted by Crippen LogP contribution is -2.35. The first kappa shape index (κ1) is 16.1. The van der Waals surface area contributed by atoms with Gasteiger partial charge in [0.1, 0.15) is 29.7 Å². The molecule has 6 heteroatoms. The van der Waals surface area contributed by atoms with Crippen molar-refractivity contribution in [1.82, 2.24) is 9.97 Å². The van der Waals surface area contributed by atoms with E-state index in [0.717, 1.165) is 38.7 Å². The highest BCUT2D eigenvalue weighted by Gasteiger charge is 2.21. The molecule has 2 aromatic carbocycles. The minimum atomic E-state index is -0.0799. The Morgan fingerprint density at radius 1 is 1.00 bits per heavy atom. The molecular weight excluding hydrogens is 358 g/mol. The average molecular weight is 375 g/mol. The standard InChI is InChI=1S/C21H17N3O2S/c1-2-6-14(7-3-1)16-12-27-21-19(16)20(23-13-24-21)22-10-15-11-25-17-8-4-5-9-18(17)26-15/h1-9,12-13,15H,10-11H2,(H,22,23,24)/t15-/m0/s1. The summed E-state index contributed by atoms with van der Waals surface area (Å²) in [4.78, 5) is 9.88. The van der Waals surface area contributed by atoms with E-state index in [0.29, 0.717) is 13.2 Å². The number of hydrogen-bond acceptors (Lipinski definition) is 6. The van der Waals surface area contributed by atoms with Crippen LogP contribution in [0.15, 0.2) is 66.3 Å². The van der Waals surface area contributed by atoms with Crippen LogP contribution in [-0.4, -0.2) is 29.2 Å². The van der Waals surface area contributed by atoms with Crippen LogP contribution in [0.2, 0.25) is 0 Å². The van der Waals surface area contributed by atoms with Crippen LogP contribution in [0.25, 0.3) is 21.3 Å². The van der Waals surface area contributed by atoms with Crippen LogP contribution in [-0.2, 0) is 0 Å². The van der Waals surface area contributed by atoms with Crippen LogP contribution in [0.5, 0.6) is 11.5 Å². The van der Waals surface area contributed by atoms with E-state index in [9.17, 15) is 0 Å². The average Bonchev–Trinajstić information content (AvgIpc) is 3.17. The zero-order valence-corrected chi connectivity index (χ0v) is 15.3. The first-order chi connectivity index (χ1) is 13.4. The molecule has 134 valence electrons. The summed E-state index contributed by atoms with van der Waals surface area (Å²) in [5.41, 5.74) is 2.30. The molecule has 4 aromatic rings. The van der Waals surface area contributed by atoms with Gasteiger partial charge in [-0.2, -0.15) is 0 Å². The second-order valence-corrected chi connectivity index (χ2v) is 7.15. The maximum absolute atomic E-state index is 6.03. The van der Waals surface area contributed by atoms with Crippen molar-refractivity contribution >= 4 is 27.4 Å². The molecule has 0 aliphatic carbocycles. The van der Waals surface area contributed by atoms with Gasteiger partial charge in [-0.15, -0.1) is 11.3 Å². The van der Waals surface area contributed by atoms with Gasteiger partial charge in [-0.05, 0) is 17.7 Å². The highest BCUT2D eigenvalue weighted by atomic mass is 32.1. The van der Waals surface area contributed by atoms with Crippen LogP contribution >= 0.6 is 11.3 Å². The van der Waals surface area contributed by atoms with Gasteiger partial charge in [-0.3, -0.25) is 0 Å². The fourth-order valence-corrected chi connectivity index (χ4v) is 4.13. The van der Waals surface area contributed by atoms with Gasteiger partial charge in [0, 0.05) is 10.9 Å². The highest BCUT2D eigenvalue weighted by molar-refractivity contribution is 7.17. The van der Waals surface area contributed by atoms with Crippen LogP contribution in [0.3, 0.4) is 0 Å². The summed E-state index contributed by atoms with van der Waals surface area (Å²) in [5.74, 6) is 2.40. The molecule has 0 saturated carbocycles. The van der Waals surface area contributed by atoms with E-state index in [2.05, 4.69) is 32.8 Å². The second-order valence-electron chi connectivity index (χ2n) is 6.30. The molecule has 1 aliphatic heterocycles. The van der Waals surface area contributed by atoms with Crippen molar-refractivity contribution in [3.05, 3.63) is 66.3 Å². The van der Waals surface area contributed by atoms with Crippen LogP contribution in [0.4, 0.5) is 5.82 Å². The zero-order valence-electron chi connectivity index (χ0n) is 14.5. The van der Waals surface area contributed by atoms with Gasteiger partial charge < -0.3 is 14.8 Å². The number of nitrogens with zero attached hydrogens (tertiary/aromatic N) is 2. The Labute approximate surface area is 160 Å². The van der Waals surface area contributed by atoms with E-state index in [4.69, 9.17) is 9.47 Å². The lowest BCUT2D eigenvalue weighted by Gasteiger charge is -2.26. The summed E-state index contributed by atoms with van der Waals surface area (Å²) in [7, 11) is 0. The molecule has 5 nitrogen and oxygen atoms in total. The maximum Gasteiger partial charge on any atom is 0.161 e. The number of rotatable bonds is 4. The number of nitrogens with one attached hydrogen (secondary N) is 1. The lowest BCUT2D eigenvalue weighted by molar-refractivity contribution is 0.0997. The SMILES string of the molecule is c1ccc(-c2csc3ncnc(NC[C@H]4COc5ccccc5O4)c23)cc1. The summed E-state index contributed by atoms with van der Waals surface area (Å²) in [5, 5.41) is 6.62. The summed E-state index contributed by atoms with van der Waals surface area (Å²) in [6.07, 6.45) is 1.52. The summed E-state index contributed by atoms with van der Waals surface area (Å²) < 4.78 is 11.8. The predicted molar refractivity (Wildman–Crippen MR) is 108 cm³/mol. The van der Waals surface area contributed by atoms with Gasteiger partial charge in [-0.25, -0.2) is 9.97 Å². The van der Waals surface area contributed by atoms with Crippen molar-refractivity contribution in [2.24, 2.45) is 0 Å². The number of benzene rings is 2. The van der Waals surface area contributed by atoms with Gasteiger partial charge in [0.25, 0.3) is 0 Å². The third-order valence-corrected chi connectivity index (χ3v) is 5.41. The number of hydrogen-bond donors (Lipinski definition) is 1. The summed E-state index contributed by atoms with van der Waals surface area (Å²) in [6, 6.07) is 18.1. The molecule has 0 bridgehead atoms. The van der Waals surface area contributed by atoms with E-state index in [1.807, 2.05) is 42.5 Å². The van der Waals surface area contributed by atoms with Crippen LogP contribution in [0.1, 0.15) is 0 Å². The first-order valence-corrected chi connectivity index (χ1v) is 9.66. The number of aromatic nitrogens is 2. The molecule has 2 aromatic heterocycles. The Hall–Kier alpha value is -3.12. The molecule has 3 heterocycles. The zero-order chi connectivity index (χ0) is 18.1. The molecule has 1 atom stereocenters. The predicted octanol–water partition coefficient (Wildman–Crippen LogP) is 4.61. The Bertz CT molecular complexity index is 1080. The highest BCUT2D eigenvalue weighted by Crippen LogP contribution is 2.36. The second kappa shape index (κ2) is 6.89. The Morgan fingerprint density at radius 3 is 2.70 bits per heavy atom. The first-order valence-electron chi connectivity index (χ1n) is 8.78. The van der Waals surface area contributed by atoms with Gasteiger partial charge in [0.2, 0.25) is 0 Å². The normalized spacial score (nSPS) is 15.6. The molecule has 0 radical (unpaired) electrons. The number of fused-ring (bicyclic) bond motifs is 2. The van der Waals surface area contributed by atoms with Crippen molar-refractivity contribution in [2.45, 2.75) is 6.10 Å². The molecular formula is C21H17N3O2S. The summed E-state index contributed by atoms with van der Waals surface area (Å²) in [6.45, 7) is 1.11. The molecule has 0 spiro atoms. The molecule has 1 N–H and O–H groups in total. The van der Waals surface area contributed by atoms with Gasteiger partial charge in [0.15, 0.2) is 11.5 Å². The largest absolute Gasteiger partial charge is 0.486 e. The van der Waals surface area contributed by atoms with Gasteiger partial charge in [0.05, 0.1) is 11.9 Å². The minimum Gasteiger partial charge on any atom is -0.486 e. The van der Waals surface area contributed by atoms with E-state index in [-0.39, 0.29) is 6.10 Å². The Morgan fingerprint density at radius 2 is 1.81 bits per heavy atom. The van der Waals surface area contributed by atoms with E-state index in [1.165, 1.54) is 0 Å². The Balaban J connectivity index is 1.40. The van der Waals surface area contributed by atoms with Crippen molar-refractivity contribution < 1.29 is 9.47 Å². The van der Waals surface area contributed by atoms with E-state index >= 15 is 0 Å². The van der Waals surface area contributed by atoms with E-state index in [1.54, 1.807) is 17.7 Å². The molecule has 0 saturated heterocycles. The fraction of sp³-hybridized carbons (Fsp3) is 0.143. The fourth-order valence-electron chi connectivity index (χ4n) is 3.21. The smallest absolute Gasteiger partial charge is 0.161 e. The van der Waals surface area contributed by atoms with Crippen LogP contribution < -0.4 is 14.8 Å². The monoisotopic (exact) mass is 375 g/mol. The van der Waals surface area contributed by atoms with Crippen LogP contribution in [0, 0.1) is 0 Å². The quantitative estimate of drug-likeness (QED) is 0.564. The van der Waals surface area contributed by atoms with Crippen molar-refractivity contribution in [2.75, 3.05) is 18.5 Å².